The van der Waals surface area contributed by atoms with Gasteiger partial charge in [-0.2, -0.15) is 0 Å². The van der Waals surface area contributed by atoms with Gasteiger partial charge < -0.3 is 0 Å². The van der Waals surface area contributed by atoms with Gasteiger partial charge in [-0.15, -0.1) is 11.6 Å². The van der Waals surface area contributed by atoms with Crippen molar-refractivity contribution in [3.8, 4) is 0 Å². The number of hydrogen-bond acceptors (Lipinski definition) is 0. The van der Waals surface area contributed by atoms with Crippen LogP contribution >= 0.6 is 11.6 Å². The first-order valence-electron chi connectivity index (χ1n) is 6.85. The number of aryl methyl sites for hydroxylation is 1. The van der Waals surface area contributed by atoms with Crippen molar-refractivity contribution in [2.75, 3.05) is 5.88 Å². The van der Waals surface area contributed by atoms with E-state index in [1.807, 2.05) is 0 Å². The molecule has 0 nitrogen and oxygen atoms in total. The normalized spacial score (nSPS) is 11.2. The summed E-state index contributed by atoms with van der Waals surface area (Å²) in [5, 5.41) is 5.43. The van der Waals surface area contributed by atoms with E-state index < -0.39 is 0 Å². The zero-order chi connectivity index (χ0) is 13.1. The molecular formula is C18H17Cl. The molecule has 0 amide bonds. The minimum atomic E-state index is 0.755. The van der Waals surface area contributed by atoms with Gasteiger partial charge in [-0.1, -0.05) is 54.6 Å². The summed E-state index contributed by atoms with van der Waals surface area (Å²) in [5.41, 5.74) is 1.44. The molecule has 96 valence electrons. The summed E-state index contributed by atoms with van der Waals surface area (Å²) in [7, 11) is 0. The molecule has 0 bridgehead atoms. The molecule has 0 aromatic heterocycles. The van der Waals surface area contributed by atoms with E-state index in [1.54, 1.807) is 0 Å². The second-order valence-corrected chi connectivity index (χ2v) is 5.33. The van der Waals surface area contributed by atoms with Gasteiger partial charge in [0.2, 0.25) is 0 Å². The van der Waals surface area contributed by atoms with Crippen LogP contribution in [0.1, 0.15) is 18.4 Å². The van der Waals surface area contributed by atoms with E-state index in [4.69, 9.17) is 11.6 Å². The van der Waals surface area contributed by atoms with Gasteiger partial charge in [-0.05, 0) is 46.4 Å². The molecule has 0 saturated heterocycles. The van der Waals surface area contributed by atoms with Gasteiger partial charge in [0.15, 0.2) is 0 Å². The summed E-state index contributed by atoms with van der Waals surface area (Å²) >= 11 is 5.78. The molecule has 0 fully saturated rings. The summed E-state index contributed by atoms with van der Waals surface area (Å²) in [6.45, 7) is 0. The fraction of sp³-hybridized carbons (Fsp3) is 0.222. The van der Waals surface area contributed by atoms with Crippen LogP contribution < -0.4 is 0 Å². The Morgan fingerprint density at radius 1 is 0.737 bits per heavy atom. The van der Waals surface area contributed by atoms with Crippen molar-refractivity contribution in [2.45, 2.75) is 19.3 Å². The number of benzene rings is 3. The maximum absolute atomic E-state index is 5.78. The van der Waals surface area contributed by atoms with Crippen molar-refractivity contribution in [1.29, 1.82) is 0 Å². The predicted octanol–water partition coefficient (Wildman–Crippen LogP) is 5.55. The molecule has 0 N–H and O–H groups in total. The molecule has 0 aliphatic carbocycles. The maximum Gasteiger partial charge on any atom is 0.0223 e. The monoisotopic (exact) mass is 268 g/mol. The third kappa shape index (κ3) is 2.46. The fourth-order valence-corrected chi connectivity index (χ4v) is 2.94. The van der Waals surface area contributed by atoms with Crippen LogP contribution in [0.25, 0.3) is 21.5 Å². The molecular weight excluding hydrogens is 252 g/mol. The highest BCUT2D eigenvalue weighted by atomic mass is 35.5. The predicted molar refractivity (Wildman–Crippen MR) is 85.1 cm³/mol. The van der Waals surface area contributed by atoms with E-state index >= 15 is 0 Å². The van der Waals surface area contributed by atoms with Crippen molar-refractivity contribution in [1.82, 2.24) is 0 Å². The number of rotatable bonds is 4. The molecule has 0 spiro atoms. The third-order valence-corrected chi connectivity index (χ3v) is 3.95. The van der Waals surface area contributed by atoms with Gasteiger partial charge in [0.25, 0.3) is 0 Å². The molecule has 19 heavy (non-hydrogen) atoms. The Hall–Kier alpha value is -1.53. The van der Waals surface area contributed by atoms with Gasteiger partial charge in [-0.25, -0.2) is 0 Å². The van der Waals surface area contributed by atoms with E-state index in [1.165, 1.54) is 27.1 Å². The minimum absolute atomic E-state index is 0.755. The molecule has 1 heteroatoms. The lowest BCUT2D eigenvalue weighted by atomic mass is 9.95. The fourth-order valence-electron chi connectivity index (χ4n) is 2.75. The Morgan fingerprint density at radius 2 is 1.42 bits per heavy atom. The highest BCUT2D eigenvalue weighted by Gasteiger charge is 2.05. The Balaban J connectivity index is 2.18. The van der Waals surface area contributed by atoms with Gasteiger partial charge in [-0.3, -0.25) is 0 Å². The Labute approximate surface area is 119 Å². The largest absolute Gasteiger partial charge is 0.127 e. The topological polar surface area (TPSA) is 0 Å². The third-order valence-electron chi connectivity index (χ3n) is 3.68. The smallest absolute Gasteiger partial charge is 0.0223 e. The summed E-state index contributed by atoms with van der Waals surface area (Å²) in [4.78, 5) is 0. The van der Waals surface area contributed by atoms with E-state index in [-0.39, 0.29) is 0 Å². The van der Waals surface area contributed by atoms with Crippen molar-refractivity contribution < 1.29 is 0 Å². The molecule has 0 aliphatic rings. The first-order chi connectivity index (χ1) is 9.40. The average molecular weight is 269 g/mol. The summed E-state index contributed by atoms with van der Waals surface area (Å²) in [5.74, 6) is 0.755. The quantitative estimate of drug-likeness (QED) is 0.330. The molecule has 0 aliphatic heterocycles. The van der Waals surface area contributed by atoms with Crippen molar-refractivity contribution in [3.05, 3.63) is 60.2 Å². The number of unbranched alkanes of at least 4 members (excludes halogenated alkanes) is 1. The maximum atomic E-state index is 5.78. The minimum Gasteiger partial charge on any atom is -0.127 e. The lowest BCUT2D eigenvalue weighted by molar-refractivity contribution is 0.804. The van der Waals surface area contributed by atoms with Gasteiger partial charge >= 0.3 is 0 Å². The Kier molecular flexibility index (Phi) is 3.70. The van der Waals surface area contributed by atoms with E-state index in [0.29, 0.717) is 0 Å². The van der Waals surface area contributed by atoms with Crippen molar-refractivity contribution >= 4 is 33.1 Å². The molecule has 0 heterocycles. The van der Waals surface area contributed by atoms with E-state index in [2.05, 4.69) is 54.6 Å². The molecule has 0 saturated carbocycles. The first kappa shape index (κ1) is 12.5. The SMILES string of the molecule is ClCCCCc1cc2ccccc2c2ccccc12. The van der Waals surface area contributed by atoms with Crippen LogP contribution in [-0.2, 0) is 6.42 Å². The van der Waals surface area contributed by atoms with Crippen molar-refractivity contribution in [2.24, 2.45) is 0 Å². The van der Waals surface area contributed by atoms with Crippen LogP contribution in [0.2, 0.25) is 0 Å². The summed E-state index contributed by atoms with van der Waals surface area (Å²) in [6, 6.07) is 19.7. The first-order valence-corrected chi connectivity index (χ1v) is 7.39. The second kappa shape index (κ2) is 5.63. The zero-order valence-electron chi connectivity index (χ0n) is 10.9. The average Bonchev–Trinajstić information content (AvgIpc) is 2.47. The lowest BCUT2D eigenvalue weighted by Gasteiger charge is -2.10. The standard InChI is InChI=1S/C18H17Cl/c19-12-6-5-8-15-13-14-7-1-2-9-16(14)18-11-4-3-10-17(15)18/h1-4,7,9-11,13H,5-6,8,12H2. The highest BCUT2D eigenvalue weighted by molar-refractivity contribution is 6.17. The molecule has 3 aromatic carbocycles. The lowest BCUT2D eigenvalue weighted by Crippen LogP contribution is -1.90. The van der Waals surface area contributed by atoms with Crippen LogP contribution in [0.3, 0.4) is 0 Å². The molecule has 0 atom stereocenters. The van der Waals surface area contributed by atoms with Crippen LogP contribution in [-0.4, -0.2) is 5.88 Å². The molecule has 0 radical (unpaired) electrons. The Bertz CT molecular complexity index is 700. The summed E-state index contributed by atoms with van der Waals surface area (Å²) in [6.07, 6.45) is 3.35. The summed E-state index contributed by atoms with van der Waals surface area (Å²) < 4.78 is 0. The molecule has 3 rings (SSSR count). The van der Waals surface area contributed by atoms with Crippen molar-refractivity contribution in [3.63, 3.8) is 0 Å². The van der Waals surface area contributed by atoms with E-state index in [0.717, 1.165) is 25.1 Å². The Morgan fingerprint density at radius 3 is 2.21 bits per heavy atom. The number of alkyl halides is 1. The number of halogens is 1. The number of fused-ring (bicyclic) bond motifs is 3. The zero-order valence-corrected chi connectivity index (χ0v) is 11.7. The highest BCUT2D eigenvalue weighted by Crippen LogP contribution is 2.29. The molecule has 3 aromatic rings. The van der Waals surface area contributed by atoms with Gasteiger partial charge in [0.1, 0.15) is 0 Å². The van der Waals surface area contributed by atoms with Crippen LogP contribution in [0.4, 0.5) is 0 Å². The number of hydrogen-bond donors (Lipinski definition) is 0. The van der Waals surface area contributed by atoms with Crippen LogP contribution in [0.15, 0.2) is 54.6 Å². The van der Waals surface area contributed by atoms with Gasteiger partial charge in [0.05, 0.1) is 0 Å². The molecule has 0 unspecified atom stereocenters. The second-order valence-electron chi connectivity index (χ2n) is 4.95. The van der Waals surface area contributed by atoms with Crippen LogP contribution in [0.5, 0.6) is 0 Å². The van der Waals surface area contributed by atoms with Gasteiger partial charge in [0, 0.05) is 5.88 Å². The van der Waals surface area contributed by atoms with Crippen LogP contribution in [0, 0.1) is 0 Å². The van der Waals surface area contributed by atoms with E-state index in [9.17, 15) is 0 Å².